The zero-order chi connectivity index (χ0) is 18.8. The van der Waals surface area contributed by atoms with Crippen molar-refractivity contribution < 1.29 is 24.9 Å². The Hall–Kier alpha value is -2.57. The van der Waals surface area contributed by atoms with Crippen LogP contribution in [0.15, 0.2) is 18.4 Å². The highest BCUT2D eigenvalue weighted by Crippen LogP contribution is 2.31. The number of hydrogen-bond donors (Lipinski definition) is 5. The van der Waals surface area contributed by atoms with Gasteiger partial charge in [-0.15, -0.1) is 0 Å². The third kappa shape index (κ3) is 3.38. The van der Waals surface area contributed by atoms with Crippen LogP contribution in [0, 0.1) is 0 Å². The molecule has 0 amide bonds. The molecule has 3 heterocycles. The summed E-state index contributed by atoms with van der Waals surface area (Å²) in [6.45, 7) is 0. The molecule has 2 aromatic rings. The topological polar surface area (TPSA) is 183 Å². The van der Waals surface area contributed by atoms with Crippen LogP contribution in [-0.4, -0.2) is 70.6 Å². The number of carboxylic acid groups (broad SMARTS) is 1. The first kappa shape index (κ1) is 18.2. The number of nitrogen functional groups attached to an aromatic ring is 1. The molecule has 1 aliphatic heterocycles. The molecule has 1 aliphatic rings. The average molecular weight is 382 g/mol. The summed E-state index contributed by atoms with van der Waals surface area (Å²) < 4.78 is 7.05. The van der Waals surface area contributed by atoms with E-state index in [9.17, 15) is 15.0 Å². The van der Waals surface area contributed by atoms with Crippen LogP contribution in [0.4, 0.5) is 5.82 Å². The van der Waals surface area contributed by atoms with Crippen LogP contribution in [0.3, 0.4) is 0 Å². The molecule has 0 saturated carbocycles. The first-order chi connectivity index (χ1) is 12.4. The summed E-state index contributed by atoms with van der Waals surface area (Å²) in [7, 11) is 0. The lowest BCUT2D eigenvalue weighted by atomic mass is 10.2. The third-order valence-corrected chi connectivity index (χ3v) is 4.96. The van der Waals surface area contributed by atoms with E-state index in [1.54, 1.807) is 0 Å². The van der Waals surface area contributed by atoms with E-state index >= 15 is 0 Å². The Morgan fingerprint density at radius 2 is 2.19 bits per heavy atom. The first-order valence-electron chi connectivity index (χ1n) is 7.68. The molecule has 0 bridgehead atoms. The van der Waals surface area contributed by atoms with Crippen LogP contribution >= 0.6 is 11.8 Å². The van der Waals surface area contributed by atoms with Gasteiger partial charge in [0.25, 0.3) is 0 Å². The number of nitrogens with two attached hydrogens (primary N) is 2. The van der Waals surface area contributed by atoms with Gasteiger partial charge in [0, 0.05) is 5.75 Å². The molecular formula is C14H18N6O5S. The fraction of sp³-hybridized carbons (Fsp3) is 0.429. The first-order valence-corrected chi connectivity index (χ1v) is 8.83. The lowest BCUT2D eigenvalue weighted by Gasteiger charge is -2.15. The maximum Gasteiger partial charge on any atom is 0.320 e. The Kier molecular flexibility index (Phi) is 5.15. The van der Waals surface area contributed by atoms with Crippen molar-refractivity contribution in [3.63, 3.8) is 0 Å². The van der Waals surface area contributed by atoms with Crippen LogP contribution in [0.2, 0.25) is 0 Å². The van der Waals surface area contributed by atoms with Crippen molar-refractivity contribution in [2.75, 3.05) is 17.2 Å². The minimum Gasteiger partial charge on any atom is -0.505 e. The summed E-state index contributed by atoms with van der Waals surface area (Å²) >= 11 is 1.37. The van der Waals surface area contributed by atoms with Gasteiger partial charge in [0.1, 0.15) is 24.8 Å². The Labute approximate surface area is 151 Å². The maximum absolute atomic E-state index is 10.7. The molecule has 0 aromatic carbocycles. The second kappa shape index (κ2) is 7.35. The molecule has 3 rings (SSSR count). The molecule has 0 saturated heterocycles. The molecule has 11 nitrogen and oxygen atoms in total. The van der Waals surface area contributed by atoms with Crippen molar-refractivity contribution in [1.82, 2.24) is 19.5 Å². The smallest absolute Gasteiger partial charge is 0.320 e. The Morgan fingerprint density at radius 3 is 2.92 bits per heavy atom. The highest BCUT2D eigenvalue weighted by Gasteiger charge is 2.37. The van der Waals surface area contributed by atoms with E-state index < -0.39 is 24.2 Å². The lowest BCUT2D eigenvalue weighted by Crippen LogP contribution is -2.31. The van der Waals surface area contributed by atoms with Gasteiger partial charge in [0.15, 0.2) is 28.8 Å². The standard InChI is InChI=1S/C14H18N6O5S/c15-6(14(23)24)1-2-26-3-7-9(21)10(22)13(25-7)20-5-19-8-11(16)17-4-18-12(8)20/h4-7,9,21-22H,1-3,15H2,(H,23,24)(H2,16,17,18)/t6?,7-,9+/m0/s1. The lowest BCUT2D eigenvalue weighted by molar-refractivity contribution is -0.138. The van der Waals surface area contributed by atoms with Gasteiger partial charge in [-0.3, -0.25) is 4.79 Å². The average Bonchev–Trinajstić information content (AvgIpc) is 3.15. The highest BCUT2D eigenvalue weighted by atomic mass is 32.2. The minimum absolute atomic E-state index is 0.0194. The molecule has 140 valence electrons. The van der Waals surface area contributed by atoms with E-state index in [4.69, 9.17) is 21.3 Å². The summed E-state index contributed by atoms with van der Waals surface area (Å²) in [6, 6.07) is -0.929. The largest absolute Gasteiger partial charge is 0.505 e. The SMILES string of the molecule is Nc1ncnc2c1ncn2C1=C(O)[C@H](O)[C@H](CSCCC(N)C(=O)O)O1. The molecular weight excluding hydrogens is 364 g/mol. The van der Waals surface area contributed by atoms with Gasteiger partial charge in [0.2, 0.25) is 5.88 Å². The molecule has 1 unspecified atom stereocenters. The van der Waals surface area contributed by atoms with E-state index in [1.807, 2.05) is 0 Å². The zero-order valence-electron chi connectivity index (χ0n) is 13.5. The number of ether oxygens (including phenoxy) is 1. The second-order valence-electron chi connectivity index (χ2n) is 5.65. The van der Waals surface area contributed by atoms with Crippen LogP contribution in [-0.2, 0) is 9.53 Å². The number of rotatable bonds is 7. The van der Waals surface area contributed by atoms with Crippen molar-refractivity contribution in [2.45, 2.75) is 24.7 Å². The van der Waals surface area contributed by atoms with Crippen LogP contribution in [0.1, 0.15) is 6.42 Å². The second-order valence-corrected chi connectivity index (χ2v) is 6.80. The quantitative estimate of drug-likeness (QED) is 0.385. The molecule has 2 aromatic heterocycles. The van der Waals surface area contributed by atoms with Gasteiger partial charge in [0.05, 0.1) is 0 Å². The molecule has 0 fully saturated rings. The van der Waals surface area contributed by atoms with Crippen molar-refractivity contribution in [1.29, 1.82) is 0 Å². The number of carbonyl (C=O) groups is 1. The molecule has 7 N–H and O–H groups in total. The number of imidazole rings is 1. The Bertz CT molecular complexity index is 855. The Morgan fingerprint density at radius 1 is 1.42 bits per heavy atom. The molecule has 0 radical (unpaired) electrons. The fourth-order valence-electron chi connectivity index (χ4n) is 2.41. The molecule has 0 spiro atoms. The van der Waals surface area contributed by atoms with E-state index in [0.717, 1.165) is 0 Å². The zero-order valence-corrected chi connectivity index (χ0v) is 14.3. The summed E-state index contributed by atoms with van der Waals surface area (Å²) in [4.78, 5) is 22.7. The van der Waals surface area contributed by atoms with Crippen molar-refractivity contribution >= 4 is 40.6 Å². The number of thioether (sulfide) groups is 1. The normalized spacial score (nSPS) is 21.2. The van der Waals surface area contributed by atoms with Gasteiger partial charge >= 0.3 is 5.97 Å². The van der Waals surface area contributed by atoms with Crippen molar-refractivity contribution in [2.24, 2.45) is 5.73 Å². The van der Waals surface area contributed by atoms with Gasteiger partial charge < -0.3 is 31.5 Å². The van der Waals surface area contributed by atoms with Crippen molar-refractivity contribution in [3.8, 4) is 0 Å². The van der Waals surface area contributed by atoms with E-state index in [-0.39, 0.29) is 23.9 Å². The number of nitrogens with zero attached hydrogens (tertiary/aromatic N) is 4. The van der Waals surface area contributed by atoms with E-state index in [2.05, 4.69) is 15.0 Å². The summed E-state index contributed by atoms with van der Waals surface area (Å²) in [6.07, 6.45) is 1.000. The number of aliphatic carboxylic acids is 1. The number of anilines is 1. The van der Waals surface area contributed by atoms with E-state index in [1.165, 1.54) is 29.0 Å². The van der Waals surface area contributed by atoms with E-state index in [0.29, 0.717) is 22.7 Å². The summed E-state index contributed by atoms with van der Waals surface area (Å²) in [5.74, 6) is -0.370. The van der Waals surface area contributed by atoms with Crippen LogP contribution < -0.4 is 11.5 Å². The molecule has 26 heavy (non-hydrogen) atoms. The number of aromatic nitrogens is 4. The van der Waals surface area contributed by atoms with Gasteiger partial charge in [-0.05, 0) is 12.2 Å². The third-order valence-electron chi connectivity index (χ3n) is 3.87. The summed E-state index contributed by atoms with van der Waals surface area (Å²) in [5, 5.41) is 29.2. The van der Waals surface area contributed by atoms with Gasteiger partial charge in [-0.1, -0.05) is 0 Å². The predicted molar refractivity (Wildman–Crippen MR) is 94.0 cm³/mol. The predicted octanol–water partition coefficient (Wildman–Crippen LogP) is -0.612. The number of aliphatic hydroxyl groups excluding tert-OH is 2. The van der Waals surface area contributed by atoms with Crippen molar-refractivity contribution in [3.05, 3.63) is 18.4 Å². The minimum atomic E-state index is -1.22. The Balaban J connectivity index is 1.67. The van der Waals surface area contributed by atoms with Gasteiger partial charge in [-0.25, -0.2) is 19.5 Å². The maximum atomic E-state index is 10.7. The van der Waals surface area contributed by atoms with Crippen LogP contribution in [0.25, 0.3) is 17.0 Å². The fourth-order valence-corrected chi connectivity index (χ4v) is 3.48. The monoisotopic (exact) mass is 382 g/mol. The van der Waals surface area contributed by atoms with Crippen LogP contribution in [0.5, 0.6) is 0 Å². The highest BCUT2D eigenvalue weighted by molar-refractivity contribution is 7.99. The number of aliphatic hydroxyl groups is 2. The number of fused-ring (bicyclic) bond motifs is 1. The molecule has 3 atom stereocenters. The molecule has 12 heteroatoms. The van der Waals surface area contributed by atoms with Gasteiger partial charge in [-0.2, -0.15) is 11.8 Å². The summed E-state index contributed by atoms with van der Waals surface area (Å²) in [5.41, 5.74) is 11.9. The number of carboxylic acids is 1. The molecule has 0 aliphatic carbocycles. The number of hydrogen-bond acceptors (Lipinski definition) is 10.